The van der Waals surface area contributed by atoms with Crippen LogP contribution in [0.5, 0.6) is 0 Å². The first-order valence-corrected chi connectivity index (χ1v) is 1.74. The van der Waals surface area contributed by atoms with Gasteiger partial charge >= 0.3 is 0 Å². The van der Waals surface area contributed by atoms with E-state index >= 15 is 0 Å². The third-order valence-corrected chi connectivity index (χ3v) is 0.539. The van der Waals surface area contributed by atoms with E-state index in [0.29, 0.717) is 0 Å². The average molecular weight is 109 g/mol. The molecule has 1 fully saturated rings. The second-order valence-electron chi connectivity index (χ2n) is 0.998. The highest BCUT2D eigenvalue weighted by molar-refractivity contribution is 4.31. The Hall–Kier alpha value is -0.160. The molecule has 0 spiro atoms. The van der Waals surface area contributed by atoms with Gasteiger partial charge in [-0.2, -0.15) is 0 Å². The van der Waals surface area contributed by atoms with Gasteiger partial charge in [-0.25, -0.2) is 9.78 Å². The van der Waals surface area contributed by atoms with Crippen LogP contribution in [0.3, 0.4) is 0 Å². The van der Waals surface area contributed by atoms with Gasteiger partial charge in [0.2, 0.25) is 0 Å². The summed E-state index contributed by atoms with van der Waals surface area (Å²) >= 11 is 0. The number of hydrogen-bond acceptors (Lipinski definition) is 3. The van der Waals surface area contributed by atoms with Gasteiger partial charge in [0.05, 0.1) is 13.2 Å². The maximum atomic E-state index is 4.44. The molecule has 46 valence electrons. The summed E-state index contributed by atoms with van der Waals surface area (Å²) in [7, 11) is 0. The van der Waals surface area contributed by atoms with Crippen molar-refractivity contribution in [3.05, 3.63) is 0 Å². The van der Waals surface area contributed by atoms with Crippen LogP contribution in [-0.4, -0.2) is 18.7 Å². The van der Waals surface area contributed by atoms with Gasteiger partial charge < -0.3 is 11.6 Å². The predicted octanol–water partition coefficient (Wildman–Crippen LogP) is -0.324. The third-order valence-electron chi connectivity index (χ3n) is 0.539. The first-order valence-electron chi connectivity index (χ1n) is 1.74. The zero-order valence-electron chi connectivity index (χ0n) is 4.14. The van der Waals surface area contributed by atoms with Gasteiger partial charge in [-0.1, -0.05) is 0 Å². The maximum absolute atomic E-state index is 4.44. The lowest BCUT2D eigenvalue weighted by Gasteiger charge is -1.77. The summed E-state index contributed by atoms with van der Waals surface area (Å²) in [6.45, 7) is 1.56. The van der Waals surface area contributed by atoms with Crippen molar-refractivity contribution in [2.24, 2.45) is 0 Å². The van der Waals surface area contributed by atoms with Crippen molar-refractivity contribution < 1.29 is 15.3 Å². The van der Waals surface area contributed by atoms with Crippen molar-refractivity contribution >= 4 is 0 Å². The molecule has 0 aromatic heterocycles. The van der Waals surface area contributed by atoms with Crippen molar-refractivity contribution in [1.82, 2.24) is 6.15 Å². The van der Waals surface area contributed by atoms with E-state index in [2.05, 4.69) is 9.78 Å². The van der Waals surface area contributed by atoms with Crippen molar-refractivity contribution in [2.45, 2.75) is 6.42 Å². The van der Waals surface area contributed by atoms with Crippen LogP contribution in [0.2, 0.25) is 0 Å². The standard InChI is InChI=1S/C3H6O2.H3N.H2O/c1-2-4-5-3-1;;/h1-3H2;1H3;1H2. The van der Waals surface area contributed by atoms with Crippen LogP contribution in [-0.2, 0) is 9.78 Å². The van der Waals surface area contributed by atoms with Crippen LogP contribution in [0.4, 0.5) is 0 Å². The molecular formula is C3H11NO3. The summed E-state index contributed by atoms with van der Waals surface area (Å²) in [6.07, 6.45) is 1.06. The smallest absolute Gasteiger partial charge is 0.0845 e. The van der Waals surface area contributed by atoms with Crippen molar-refractivity contribution in [3.8, 4) is 0 Å². The van der Waals surface area contributed by atoms with E-state index in [-0.39, 0.29) is 11.6 Å². The minimum Gasteiger partial charge on any atom is -0.412 e. The molecule has 0 amide bonds. The normalized spacial score (nSPS) is 17.1. The number of hydrogen-bond donors (Lipinski definition) is 1. The molecule has 4 nitrogen and oxygen atoms in total. The molecule has 1 aliphatic heterocycles. The summed E-state index contributed by atoms with van der Waals surface area (Å²) in [5, 5.41) is 0. The molecule has 0 bridgehead atoms. The van der Waals surface area contributed by atoms with E-state index in [0.717, 1.165) is 19.6 Å². The number of rotatable bonds is 0. The summed E-state index contributed by atoms with van der Waals surface area (Å²) in [5.41, 5.74) is 0. The fourth-order valence-corrected chi connectivity index (χ4v) is 0.295. The van der Waals surface area contributed by atoms with Gasteiger partial charge in [0.15, 0.2) is 0 Å². The van der Waals surface area contributed by atoms with Gasteiger partial charge in [-0.05, 0) is 0 Å². The molecule has 1 heterocycles. The van der Waals surface area contributed by atoms with E-state index in [9.17, 15) is 0 Å². The van der Waals surface area contributed by atoms with E-state index in [1.807, 2.05) is 0 Å². The van der Waals surface area contributed by atoms with Crippen molar-refractivity contribution in [1.29, 1.82) is 0 Å². The molecule has 5 N–H and O–H groups in total. The Balaban J connectivity index is 0. The molecular weight excluding hydrogens is 98.0 g/mol. The van der Waals surface area contributed by atoms with Crippen LogP contribution < -0.4 is 6.15 Å². The average Bonchev–Trinajstić information content (AvgIpc) is 1.76. The van der Waals surface area contributed by atoms with Gasteiger partial charge in [-0.3, -0.25) is 0 Å². The molecule has 0 aliphatic carbocycles. The molecule has 4 heteroatoms. The first-order chi connectivity index (χ1) is 2.50. The van der Waals surface area contributed by atoms with Gasteiger partial charge in [0.25, 0.3) is 0 Å². The van der Waals surface area contributed by atoms with Crippen LogP contribution >= 0.6 is 0 Å². The molecule has 1 saturated heterocycles. The SMILES string of the molecule is C1COOC1.N.O. The zero-order valence-corrected chi connectivity index (χ0v) is 4.14. The second-order valence-corrected chi connectivity index (χ2v) is 0.998. The van der Waals surface area contributed by atoms with Crippen LogP contribution in [0, 0.1) is 0 Å². The summed E-state index contributed by atoms with van der Waals surface area (Å²) in [6, 6.07) is 0. The zero-order chi connectivity index (χ0) is 3.54. The largest absolute Gasteiger partial charge is 0.412 e. The maximum Gasteiger partial charge on any atom is 0.0845 e. The summed E-state index contributed by atoms with van der Waals surface area (Å²) < 4.78 is 0. The highest BCUT2D eigenvalue weighted by Crippen LogP contribution is 1.93. The molecule has 1 aliphatic rings. The summed E-state index contributed by atoms with van der Waals surface area (Å²) in [4.78, 5) is 8.89. The Bertz CT molecular complexity index is 21.8. The second kappa shape index (κ2) is 5.84. The Labute approximate surface area is 42.2 Å². The molecule has 0 atom stereocenters. The van der Waals surface area contributed by atoms with Crippen molar-refractivity contribution in [2.75, 3.05) is 13.2 Å². The molecule has 0 saturated carbocycles. The molecule has 0 aromatic carbocycles. The Morgan fingerprint density at radius 1 is 1.00 bits per heavy atom. The fraction of sp³-hybridized carbons (Fsp3) is 1.00. The Morgan fingerprint density at radius 2 is 1.43 bits per heavy atom. The predicted molar refractivity (Wildman–Crippen MR) is 25.2 cm³/mol. The van der Waals surface area contributed by atoms with E-state index in [4.69, 9.17) is 0 Å². The quantitative estimate of drug-likeness (QED) is 0.432. The Kier molecular flexibility index (Phi) is 8.31. The monoisotopic (exact) mass is 109 g/mol. The van der Waals surface area contributed by atoms with Crippen LogP contribution in [0.25, 0.3) is 0 Å². The van der Waals surface area contributed by atoms with E-state index in [1.54, 1.807) is 0 Å². The van der Waals surface area contributed by atoms with Gasteiger partial charge in [0, 0.05) is 6.42 Å². The lowest BCUT2D eigenvalue weighted by Crippen LogP contribution is -1.72. The Morgan fingerprint density at radius 3 is 1.57 bits per heavy atom. The minimum atomic E-state index is 0. The minimum absolute atomic E-state index is 0. The van der Waals surface area contributed by atoms with E-state index in [1.165, 1.54) is 0 Å². The van der Waals surface area contributed by atoms with Crippen LogP contribution in [0.1, 0.15) is 6.42 Å². The highest BCUT2D eigenvalue weighted by Gasteiger charge is 1.95. The topological polar surface area (TPSA) is 85.0 Å². The van der Waals surface area contributed by atoms with E-state index < -0.39 is 0 Å². The van der Waals surface area contributed by atoms with Crippen LogP contribution in [0.15, 0.2) is 0 Å². The third kappa shape index (κ3) is 3.68. The highest BCUT2D eigenvalue weighted by atomic mass is 17.2. The molecule has 1 rings (SSSR count). The van der Waals surface area contributed by atoms with Crippen molar-refractivity contribution in [3.63, 3.8) is 0 Å². The lowest BCUT2D eigenvalue weighted by molar-refractivity contribution is -0.248. The lowest BCUT2D eigenvalue weighted by atomic mass is 10.5. The molecule has 0 radical (unpaired) electrons. The molecule has 0 unspecified atom stereocenters. The fourth-order valence-electron chi connectivity index (χ4n) is 0.295. The molecule has 7 heavy (non-hydrogen) atoms. The molecule has 0 aromatic rings. The summed E-state index contributed by atoms with van der Waals surface area (Å²) in [5.74, 6) is 0. The van der Waals surface area contributed by atoms with Gasteiger partial charge in [-0.15, -0.1) is 0 Å². The first kappa shape index (κ1) is 9.96. The van der Waals surface area contributed by atoms with Gasteiger partial charge in [0.1, 0.15) is 0 Å².